The van der Waals surface area contributed by atoms with Gasteiger partial charge in [-0.15, -0.1) is 0 Å². The minimum absolute atomic E-state index is 0.154. The lowest BCUT2D eigenvalue weighted by atomic mass is 9.98. The van der Waals surface area contributed by atoms with Crippen molar-refractivity contribution >= 4 is 5.91 Å². The van der Waals surface area contributed by atoms with Crippen molar-refractivity contribution in [2.45, 2.75) is 32.4 Å². The zero-order valence-electron chi connectivity index (χ0n) is 14.6. The van der Waals surface area contributed by atoms with Crippen molar-refractivity contribution in [3.63, 3.8) is 0 Å². The summed E-state index contributed by atoms with van der Waals surface area (Å²) in [6.07, 6.45) is 0.305. The predicted octanol–water partition coefficient (Wildman–Crippen LogP) is 2.45. The van der Waals surface area contributed by atoms with Gasteiger partial charge in [-0.3, -0.25) is 4.79 Å². The summed E-state index contributed by atoms with van der Waals surface area (Å²) in [5.74, 6) is 0.445. The number of aromatic nitrogens is 1. The molecule has 0 bridgehead atoms. The molecular weight excluding hydrogens is 320 g/mol. The van der Waals surface area contributed by atoms with Crippen molar-refractivity contribution in [1.29, 1.82) is 0 Å². The van der Waals surface area contributed by atoms with Gasteiger partial charge in [-0.25, -0.2) is 0 Å². The molecule has 0 aliphatic carbocycles. The van der Waals surface area contributed by atoms with E-state index in [0.717, 1.165) is 17.7 Å². The molecule has 1 amide bonds. The quantitative estimate of drug-likeness (QED) is 0.902. The normalized spacial score (nSPS) is 20.9. The molecule has 6 heteroatoms. The first-order chi connectivity index (χ1) is 12.1. The Morgan fingerprint density at radius 1 is 1.36 bits per heavy atom. The van der Waals surface area contributed by atoms with E-state index in [2.05, 4.69) is 19.0 Å². The van der Waals surface area contributed by atoms with Gasteiger partial charge in [-0.2, -0.15) is 0 Å². The van der Waals surface area contributed by atoms with Crippen molar-refractivity contribution in [3.05, 3.63) is 53.4 Å². The molecule has 1 aromatic heterocycles. The highest BCUT2D eigenvalue weighted by Gasteiger charge is 2.37. The SMILES string of the molecule is CC(C)Cc1cc(C(=O)N2CCO[C@H](CO)[C@H]2c2ccccc2)on1. The molecule has 134 valence electrons. The van der Waals surface area contributed by atoms with E-state index >= 15 is 0 Å². The summed E-state index contributed by atoms with van der Waals surface area (Å²) >= 11 is 0. The van der Waals surface area contributed by atoms with Crippen molar-refractivity contribution in [1.82, 2.24) is 10.1 Å². The summed E-state index contributed by atoms with van der Waals surface area (Å²) in [5, 5.41) is 13.7. The Kier molecular flexibility index (Phi) is 5.50. The maximum absolute atomic E-state index is 13.0. The number of aliphatic hydroxyl groups excluding tert-OH is 1. The fourth-order valence-electron chi connectivity index (χ4n) is 3.23. The number of carbonyl (C=O) groups excluding carboxylic acids is 1. The van der Waals surface area contributed by atoms with E-state index in [9.17, 15) is 9.90 Å². The molecule has 0 unspecified atom stereocenters. The molecule has 2 heterocycles. The van der Waals surface area contributed by atoms with Gasteiger partial charge in [-0.05, 0) is 17.9 Å². The second-order valence-electron chi connectivity index (χ2n) is 6.73. The standard InChI is InChI=1S/C19H24N2O4/c1-13(2)10-15-11-16(25-20-15)19(23)21-8-9-24-17(12-22)18(21)14-6-4-3-5-7-14/h3-7,11,13,17-18,22H,8-10,12H2,1-2H3/t17-,18-/m1/s1. The molecule has 1 aromatic carbocycles. The largest absolute Gasteiger partial charge is 0.394 e. The number of carbonyl (C=O) groups is 1. The molecule has 1 saturated heterocycles. The van der Waals surface area contributed by atoms with Crippen molar-refractivity contribution in [2.24, 2.45) is 5.92 Å². The molecule has 1 fully saturated rings. The molecule has 0 spiro atoms. The number of aliphatic hydroxyl groups is 1. The molecular formula is C19H24N2O4. The van der Waals surface area contributed by atoms with E-state index in [1.54, 1.807) is 11.0 Å². The van der Waals surface area contributed by atoms with E-state index < -0.39 is 6.10 Å². The Hall–Kier alpha value is -2.18. The number of nitrogens with zero attached hydrogens (tertiary/aromatic N) is 2. The number of amides is 1. The molecule has 3 rings (SSSR count). The second kappa shape index (κ2) is 7.80. The second-order valence-corrected chi connectivity index (χ2v) is 6.73. The minimum Gasteiger partial charge on any atom is -0.394 e. The Labute approximate surface area is 147 Å². The van der Waals surface area contributed by atoms with Crippen LogP contribution in [0.15, 0.2) is 40.9 Å². The Bertz CT molecular complexity index is 698. The molecule has 6 nitrogen and oxygen atoms in total. The van der Waals surface area contributed by atoms with Gasteiger partial charge >= 0.3 is 0 Å². The number of rotatable bonds is 5. The van der Waals surface area contributed by atoms with Gasteiger partial charge in [0, 0.05) is 12.6 Å². The maximum atomic E-state index is 13.0. The predicted molar refractivity (Wildman–Crippen MR) is 92.1 cm³/mol. The first kappa shape index (κ1) is 17.6. The Balaban J connectivity index is 1.87. The summed E-state index contributed by atoms with van der Waals surface area (Å²) in [5.41, 5.74) is 1.71. The molecule has 0 saturated carbocycles. The van der Waals surface area contributed by atoms with Crippen molar-refractivity contribution < 1.29 is 19.2 Å². The van der Waals surface area contributed by atoms with E-state index in [-0.39, 0.29) is 24.3 Å². The van der Waals surface area contributed by atoms with Crippen LogP contribution in [-0.2, 0) is 11.2 Å². The van der Waals surface area contributed by atoms with Crippen LogP contribution >= 0.6 is 0 Å². The average Bonchev–Trinajstić information content (AvgIpc) is 3.08. The van der Waals surface area contributed by atoms with Gasteiger partial charge in [-0.1, -0.05) is 49.3 Å². The summed E-state index contributed by atoms with van der Waals surface area (Å²) in [6.45, 7) is 4.85. The smallest absolute Gasteiger partial charge is 0.293 e. The molecule has 2 aromatic rings. The van der Waals surface area contributed by atoms with E-state index in [1.165, 1.54) is 0 Å². The number of ether oxygens (including phenoxy) is 1. The van der Waals surface area contributed by atoms with Gasteiger partial charge < -0.3 is 19.3 Å². The van der Waals surface area contributed by atoms with Gasteiger partial charge in [0.15, 0.2) is 0 Å². The van der Waals surface area contributed by atoms with Crippen molar-refractivity contribution in [3.8, 4) is 0 Å². The van der Waals surface area contributed by atoms with Crippen LogP contribution in [0.4, 0.5) is 0 Å². The Morgan fingerprint density at radius 3 is 2.80 bits per heavy atom. The number of hydrogen-bond donors (Lipinski definition) is 1. The van der Waals surface area contributed by atoms with Crippen LogP contribution in [0.3, 0.4) is 0 Å². The zero-order chi connectivity index (χ0) is 17.8. The molecule has 2 atom stereocenters. The van der Waals surface area contributed by atoms with Gasteiger partial charge in [0.1, 0.15) is 6.10 Å². The monoisotopic (exact) mass is 344 g/mol. The third-order valence-electron chi connectivity index (χ3n) is 4.32. The molecule has 1 aliphatic rings. The highest BCUT2D eigenvalue weighted by atomic mass is 16.5. The maximum Gasteiger partial charge on any atom is 0.293 e. The third kappa shape index (κ3) is 3.91. The highest BCUT2D eigenvalue weighted by Crippen LogP contribution is 2.31. The fourth-order valence-corrected chi connectivity index (χ4v) is 3.23. The number of hydrogen-bond acceptors (Lipinski definition) is 5. The first-order valence-electron chi connectivity index (χ1n) is 8.64. The van der Waals surface area contributed by atoms with Crippen LogP contribution in [0.25, 0.3) is 0 Å². The summed E-state index contributed by atoms with van der Waals surface area (Å²) in [6, 6.07) is 11.0. The van der Waals surface area contributed by atoms with E-state index in [4.69, 9.17) is 9.26 Å². The van der Waals surface area contributed by atoms with E-state index in [0.29, 0.717) is 19.1 Å². The topological polar surface area (TPSA) is 75.8 Å². The molecule has 1 N–H and O–H groups in total. The third-order valence-corrected chi connectivity index (χ3v) is 4.32. The Morgan fingerprint density at radius 2 is 2.12 bits per heavy atom. The molecule has 25 heavy (non-hydrogen) atoms. The zero-order valence-corrected chi connectivity index (χ0v) is 14.6. The summed E-state index contributed by atoms with van der Waals surface area (Å²) in [7, 11) is 0. The number of morpholine rings is 1. The minimum atomic E-state index is -0.460. The lowest BCUT2D eigenvalue weighted by molar-refractivity contribution is -0.0818. The van der Waals surface area contributed by atoms with Crippen LogP contribution < -0.4 is 0 Å². The van der Waals surface area contributed by atoms with E-state index in [1.807, 2.05) is 30.3 Å². The van der Waals surface area contributed by atoms with Crippen LogP contribution in [0.2, 0.25) is 0 Å². The van der Waals surface area contributed by atoms with Crippen LogP contribution in [0.5, 0.6) is 0 Å². The van der Waals surface area contributed by atoms with Crippen LogP contribution in [-0.4, -0.2) is 46.9 Å². The van der Waals surface area contributed by atoms with Crippen molar-refractivity contribution in [2.75, 3.05) is 19.8 Å². The van der Waals surface area contributed by atoms with Crippen LogP contribution in [0.1, 0.15) is 41.7 Å². The van der Waals surface area contributed by atoms with Gasteiger partial charge in [0.05, 0.1) is 24.9 Å². The van der Waals surface area contributed by atoms with Gasteiger partial charge in [0.2, 0.25) is 5.76 Å². The summed E-state index contributed by atoms with van der Waals surface area (Å²) in [4.78, 5) is 14.7. The molecule has 1 aliphatic heterocycles. The van der Waals surface area contributed by atoms with Gasteiger partial charge in [0.25, 0.3) is 5.91 Å². The average molecular weight is 344 g/mol. The fraction of sp³-hybridized carbons (Fsp3) is 0.474. The number of benzene rings is 1. The highest BCUT2D eigenvalue weighted by molar-refractivity contribution is 5.92. The lowest BCUT2D eigenvalue weighted by Gasteiger charge is -2.40. The first-order valence-corrected chi connectivity index (χ1v) is 8.64. The molecule has 0 radical (unpaired) electrons. The summed E-state index contributed by atoms with van der Waals surface area (Å²) < 4.78 is 11.0. The lowest BCUT2D eigenvalue weighted by Crippen LogP contribution is -2.49. The van der Waals surface area contributed by atoms with Crippen LogP contribution in [0, 0.1) is 5.92 Å².